The van der Waals surface area contributed by atoms with E-state index < -0.39 is 17.7 Å². The fourth-order valence-electron chi connectivity index (χ4n) is 2.51. The molecule has 0 aliphatic carbocycles. The van der Waals surface area contributed by atoms with Crippen LogP contribution in [0, 0.1) is 17.0 Å². The van der Waals surface area contributed by atoms with Crippen molar-refractivity contribution >= 4 is 5.91 Å². The van der Waals surface area contributed by atoms with Crippen LogP contribution in [0.3, 0.4) is 0 Å². The first-order chi connectivity index (χ1) is 10.7. The minimum Gasteiger partial charge on any atom is -0.487 e. The maximum absolute atomic E-state index is 13.6. The molecule has 128 valence electrons. The zero-order valence-electron chi connectivity index (χ0n) is 13.8. The summed E-state index contributed by atoms with van der Waals surface area (Å²) < 4.78 is 32.1. The Morgan fingerprint density at radius 1 is 1.30 bits per heavy atom. The predicted octanol–water partition coefficient (Wildman–Crippen LogP) is 2.71. The van der Waals surface area contributed by atoms with Crippen LogP contribution in [0.15, 0.2) is 18.2 Å². The standard InChI is InChI=1S/C17H24F2N2O2/c1-17(2,3)15(20)16(22)21-8-6-12(7-9-21)23-14-5-4-11(18)10-13(14)19/h4-5,10,12,15H,6-9,20H2,1-3H3/t15-/m1/s1. The molecule has 1 saturated heterocycles. The van der Waals surface area contributed by atoms with E-state index in [0.29, 0.717) is 25.9 Å². The summed E-state index contributed by atoms with van der Waals surface area (Å²) in [5.41, 5.74) is 5.72. The largest absolute Gasteiger partial charge is 0.487 e. The number of piperidine rings is 1. The third kappa shape index (κ3) is 4.41. The fraction of sp³-hybridized carbons (Fsp3) is 0.588. The number of likely N-dealkylation sites (tertiary alicyclic amines) is 1. The smallest absolute Gasteiger partial charge is 0.240 e. The minimum atomic E-state index is -0.710. The molecular weight excluding hydrogens is 302 g/mol. The van der Waals surface area contributed by atoms with Gasteiger partial charge in [-0.2, -0.15) is 0 Å². The Morgan fingerprint density at radius 2 is 1.91 bits per heavy atom. The highest BCUT2D eigenvalue weighted by Gasteiger charge is 2.33. The van der Waals surface area contributed by atoms with Crippen LogP contribution in [0.4, 0.5) is 8.78 Å². The van der Waals surface area contributed by atoms with E-state index in [-0.39, 0.29) is 23.2 Å². The van der Waals surface area contributed by atoms with Crippen molar-refractivity contribution < 1.29 is 18.3 Å². The van der Waals surface area contributed by atoms with Gasteiger partial charge in [0.15, 0.2) is 11.6 Å². The van der Waals surface area contributed by atoms with Crippen molar-refractivity contribution in [1.82, 2.24) is 4.90 Å². The highest BCUT2D eigenvalue weighted by Crippen LogP contribution is 2.24. The van der Waals surface area contributed by atoms with Gasteiger partial charge in [0.25, 0.3) is 0 Å². The number of carbonyl (C=O) groups excluding carboxylic acids is 1. The number of amides is 1. The molecule has 1 atom stereocenters. The van der Waals surface area contributed by atoms with Gasteiger partial charge in [-0.15, -0.1) is 0 Å². The Hall–Kier alpha value is -1.69. The summed E-state index contributed by atoms with van der Waals surface area (Å²) in [6.45, 7) is 6.85. The molecule has 0 unspecified atom stereocenters. The minimum absolute atomic E-state index is 0.0440. The van der Waals surface area contributed by atoms with Gasteiger partial charge < -0.3 is 15.4 Å². The molecule has 2 rings (SSSR count). The Morgan fingerprint density at radius 3 is 2.43 bits per heavy atom. The number of nitrogens with two attached hydrogens (primary N) is 1. The molecule has 1 aliphatic rings. The first-order valence-corrected chi connectivity index (χ1v) is 7.84. The van der Waals surface area contributed by atoms with Crippen molar-refractivity contribution in [2.24, 2.45) is 11.1 Å². The molecule has 2 N–H and O–H groups in total. The van der Waals surface area contributed by atoms with Crippen LogP contribution in [0.2, 0.25) is 0 Å². The lowest BCUT2D eigenvalue weighted by molar-refractivity contribution is -0.136. The maximum Gasteiger partial charge on any atom is 0.240 e. The summed E-state index contributed by atoms with van der Waals surface area (Å²) in [5.74, 6) is -1.36. The zero-order valence-corrected chi connectivity index (χ0v) is 13.8. The van der Waals surface area contributed by atoms with Crippen molar-refractivity contribution in [1.29, 1.82) is 0 Å². The topological polar surface area (TPSA) is 55.6 Å². The number of halogens is 2. The van der Waals surface area contributed by atoms with Gasteiger partial charge in [0.2, 0.25) is 5.91 Å². The second-order valence-corrected chi connectivity index (χ2v) is 7.06. The highest BCUT2D eigenvalue weighted by atomic mass is 19.1. The normalized spacial score (nSPS) is 17.9. The van der Waals surface area contributed by atoms with Crippen molar-refractivity contribution in [2.45, 2.75) is 45.8 Å². The van der Waals surface area contributed by atoms with Crippen LogP contribution in [0.25, 0.3) is 0 Å². The van der Waals surface area contributed by atoms with Crippen LogP contribution in [-0.4, -0.2) is 36.0 Å². The van der Waals surface area contributed by atoms with Crippen molar-refractivity contribution in [3.8, 4) is 5.75 Å². The van der Waals surface area contributed by atoms with Gasteiger partial charge in [-0.3, -0.25) is 4.79 Å². The van der Waals surface area contributed by atoms with Gasteiger partial charge in [0, 0.05) is 32.0 Å². The van der Waals surface area contributed by atoms with E-state index in [1.807, 2.05) is 20.8 Å². The van der Waals surface area contributed by atoms with Crippen LogP contribution < -0.4 is 10.5 Å². The summed E-state index contributed by atoms with van der Waals surface area (Å²) in [7, 11) is 0. The van der Waals surface area contributed by atoms with Gasteiger partial charge in [-0.1, -0.05) is 20.8 Å². The highest BCUT2D eigenvalue weighted by molar-refractivity contribution is 5.82. The lowest BCUT2D eigenvalue weighted by Crippen LogP contribution is -2.53. The SMILES string of the molecule is CC(C)(C)[C@H](N)C(=O)N1CCC(Oc2ccc(F)cc2F)CC1. The van der Waals surface area contributed by atoms with E-state index in [2.05, 4.69) is 0 Å². The number of ether oxygens (including phenoxy) is 1. The van der Waals surface area contributed by atoms with E-state index in [4.69, 9.17) is 10.5 Å². The number of nitrogens with zero attached hydrogens (tertiary/aromatic N) is 1. The molecule has 1 heterocycles. The third-order valence-electron chi connectivity index (χ3n) is 4.14. The summed E-state index contributed by atoms with van der Waals surface area (Å²) in [5, 5.41) is 0. The molecule has 0 bridgehead atoms. The van der Waals surface area contributed by atoms with E-state index >= 15 is 0 Å². The number of benzene rings is 1. The fourth-order valence-corrected chi connectivity index (χ4v) is 2.51. The van der Waals surface area contributed by atoms with Gasteiger partial charge in [-0.05, 0) is 17.5 Å². The second kappa shape index (κ2) is 6.83. The molecule has 1 aromatic rings. The monoisotopic (exact) mass is 326 g/mol. The van der Waals surface area contributed by atoms with Crippen molar-refractivity contribution in [3.63, 3.8) is 0 Å². The van der Waals surface area contributed by atoms with Crippen LogP contribution in [0.5, 0.6) is 5.75 Å². The predicted molar refractivity (Wildman–Crippen MR) is 84.0 cm³/mol. The zero-order chi connectivity index (χ0) is 17.2. The van der Waals surface area contributed by atoms with Gasteiger partial charge in [0.05, 0.1) is 6.04 Å². The van der Waals surface area contributed by atoms with E-state index in [9.17, 15) is 13.6 Å². The summed E-state index contributed by atoms with van der Waals surface area (Å²) >= 11 is 0. The average Bonchev–Trinajstić information content (AvgIpc) is 2.48. The molecule has 0 aromatic heterocycles. The second-order valence-electron chi connectivity index (χ2n) is 7.06. The summed E-state index contributed by atoms with van der Waals surface area (Å²) in [6, 6.07) is 2.71. The van der Waals surface area contributed by atoms with Crippen LogP contribution in [0.1, 0.15) is 33.6 Å². The maximum atomic E-state index is 13.6. The number of hydrogen-bond acceptors (Lipinski definition) is 3. The summed E-state index contributed by atoms with van der Waals surface area (Å²) in [6.07, 6.45) is 1.00. The molecule has 1 amide bonds. The Bertz CT molecular complexity index is 564. The lowest BCUT2D eigenvalue weighted by Gasteiger charge is -2.36. The van der Waals surface area contributed by atoms with Gasteiger partial charge in [-0.25, -0.2) is 8.78 Å². The van der Waals surface area contributed by atoms with Gasteiger partial charge in [0.1, 0.15) is 11.9 Å². The first-order valence-electron chi connectivity index (χ1n) is 7.84. The van der Waals surface area contributed by atoms with Crippen molar-refractivity contribution in [3.05, 3.63) is 29.8 Å². The average molecular weight is 326 g/mol. The third-order valence-corrected chi connectivity index (χ3v) is 4.14. The van der Waals surface area contributed by atoms with Crippen molar-refractivity contribution in [2.75, 3.05) is 13.1 Å². The van der Waals surface area contributed by atoms with E-state index in [0.717, 1.165) is 6.07 Å². The Labute approximate surface area is 135 Å². The molecule has 0 radical (unpaired) electrons. The Kier molecular flexibility index (Phi) is 5.24. The molecule has 23 heavy (non-hydrogen) atoms. The lowest BCUT2D eigenvalue weighted by atomic mass is 9.86. The molecule has 0 spiro atoms. The first kappa shape index (κ1) is 17.7. The number of carbonyl (C=O) groups is 1. The molecule has 1 fully saturated rings. The molecule has 4 nitrogen and oxygen atoms in total. The molecular formula is C17H24F2N2O2. The number of hydrogen-bond donors (Lipinski definition) is 1. The van der Waals surface area contributed by atoms with Crippen LogP contribution >= 0.6 is 0 Å². The quantitative estimate of drug-likeness (QED) is 0.929. The van der Waals surface area contributed by atoms with E-state index in [1.54, 1.807) is 4.90 Å². The molecule has 1 aliphatic heterocycles. The molecule has 0 saturated carbocycles. The van der Waals surface area contributed by atoms with Gasteiger partial charge >= 0.3 is 0 Å². The molecule has 1 aromatic carbocycles. The molecule has 6 heteroatoms. The van der Waals surface area contributed by atoms with E-state index in [1.165, 1.54) is 12.1 Å². The number of rotatable bonds is 3. The summed E-state index contributed by atoms with van der Waals surface area (Å²) in [4.78, 5) is 14.1. The Balaban J connectivity index is 1.90. The van der Waals surface area contributed by atoms with Crippen LogP contribution in [-0.2, 0) is 4.79 Å².